The first-order valence-corrected chi connectivity index (χ1v) is 6.56. The first kappa shape index (κ1) is 13.6. The average molecular weight is 279 g/mol. The number of ether oxygens (including phenoxy) is 1. The summed E-state index contributed by atoms with van der Waals surface area (Å²) in [7, 11) is 1.63. The topological polar surface area (TPSA) is 62.4 Å². The average Bonchev–Trinajstić information content (AvgIpc) is 3.27. The lowest BCUT2D eigenvalue weighted by atomic mass is 10.2. The largest absolute Gasteiger partial charge is 0.497 e. The second-order valence-corrected chi connectivity index (χ2v) is 4.83. The van der Waals surface area contributed by atoms with Crippen LogP contribution in [-0.4, -0.2) is 18.1 Å². The van der Waals surface area contributed by atoms with Crippen LogP contribution in [0.25, 0.3) is 0 Å². The molecule has 0 atom stereocenters. The van der Waals surface area contributed by atoms with Gasteiger partial charge in [0, 0.05) is 12.5 Å². The molecule has 1 amide bonds. The first-order chi connectivity index (χ1) is 9.19. The summed E-state index contributed by atoms with van der Waals surface area (Å²) in [5.74, 6) is 0.992. The Bertz CT molecular complexity index is 457. The number of hydrazine groups is 1. The highest BCUT2D eigenvalue weighted by Crippen LogP contribution is 2.28. The molecule has 0 aromatic heterocycles. The highest BCUT2D eigenvalue weighted by Gasteiger charge is 2.29. The Morgan fingerprint density at radius 2 is 2.00 bits per heavy atom. The molecule has 0 aliphatic heterocycles. The maximum Gasteiger partial charge on any atom is 0.241 e. The van der Waals surface area contributed by atoms with Crippen molar-refractivity contribution < 1.29 is 9.53 Å². The maximum atomic E-state index is 11.4. The van der Waals surface area contributed by atoms with Gasteiger partial charge in [-0.25, -0.2) is 0 Å². The molecule has 1 aliphatic carbocycles. The predicted octanol–water partition coefficient (Wildman–Crippen LogP) is 1.10. The van der Waals surface area contributed by atoms with Crippen molar-refractivity contribution in [2.75, 3.05) is 7.11 Å². The molecule has 19 heavy (non-hydrogen) atoms. The fourth-order valence-corrected chi connectivity index (χ4v) is 1.66. The highest BCUT2D eigenvalue weighted by atomic mass is 32.1. The first-order valence-electron chi connectivity index (χ1n) is 6.15. The number of benzene rings is 1. The molecule has 0 radical (unpaired) electrons. The maximum absolute atomic E-state index is 11.4. The molecule has 1 saturated carbocycles. The van der Waals surface area contributed by atoms with Crippen LogP contribution in [0.1, 0.15) is 18.4 Å². The van der Waals surface area contributed by atoms with E-state index in [1.54, 1.807) is 7.11 Å². The lowest BCUT2D eigenvalue weighted by Crippen LogP contribution is -2.47. The van der Waals surface area contributed by atoms with Gasteiger partial charge in [0.15, 0.2) is 5.11 Å². The van der Waals surface area contributed by atoms with E-state index in [0.29, 0.717) is 11.7 Å². The predicted molar refractivity (Wildman–Crippen MR) is 76.4 cm³/mol. The van der Waals surface area contributed by atoms with Crippen LogP contribution >= 0.6 is 12.2 Å². The fourth-order valence-electron chi connectivity index (χ4n) is 1.54. The number of rotatable bonds is 4. The SMILES string of the molecule is COc1ccc(CNC(=S)NNC(=O)C2CC2)cc1. The number of carbonyl (C=O) groups excluding carboxylic acids is 1. The van der Waals surface area contributed by atoms with E-state index in [-0.39, 0.29) is 11.8 Å². The Kier molecular flexibility index (Phi) is 4.57. The second kappa shape index (κ2) is 6.38. The standard InChI is InChI=1S/C13H17N3O2S/c1-18-11-6-2-9(3-7-11)8-14-13(19)16-15-12(17)10-4-5-10/h2-3,6-7,10H,4-5,8H2,1H3,(H,15,17)(H2,14,16,19). The fraction of sp³-hybridized carbons (Fsp3) is 0.385. The number of methoxy groups -OCH3 is 1. The summed E-state index contributed by atoms with van der Waals surface area (Å²) >= 11 is 5.07. The molecule has 1 aliphatic rings. The minimum atomic E-state index is 0.00796. The number of hydrogen-bond donors (Lipinski definition) is 3. The van der Waals surface area contributed by atoms with Crippen LogP contribution in [0, 0.1) is 5.92 Å². The lowest BCUT2D eigenvalue weighted by Gasteiger charge is -2.11. The molecule has 102 valence electrons. The van der Waals surface area contributed by atoms with Gasteiger partial charge in [-0.05, 0) is 42.8 Å². The molecule has 0 unspecified atom stereocenters. The highest BCUT2D eigenvalue weighted by molar-refractivity contribution is 7.80. The Hall–Kier alpha value is -1.82. The number of carbonyl (C=O) groups is 1. The minimum absolute atomic E-state index is 0.00796. The van der Waals surface area contributed by atoms with Crippen LogP contribution in [0.5, 0.6) is 5.75 Å². The van der Waals surface area contributed by atoms with E-state index in [1.807, 2.05) is 24.3 Å². The number of thiocarbonyl (C=S) groups is 1. The third-order valence-corrected chi connectivity index (χ3v) is 3.11. The van der Waals surface area contributed by atoms with Gasteiger partial charge in [-0.3, -0.25) is 15.6 Å². The van der Waals surface area contributed by atoms with Crippen molar-refractivity contribution in [1.82, 2.24) is 16.2 Å². The van der Waals surface area contributed by atoms with Crippen LogP contribution in [0.2, 0.25) is 0 Å². The zero-order valence-electron chi connectivity index (χ0n) is 10.7. The number of hydrogen-bond acceptors (Lipinski definition) is 3. The number of amides is 1. The summed E-state index contributed by atoms with van der Waals surface area (Å²) in [6.45, 7) is 0.592. The molecular formula is C13H17N3O2S. The molecule has 5 nitrogen and oxygen atoms in total. The van der Waals surface area contributed by atoms with E-state index >= 15 is 0 Å². The van der Waals surface area contributed by atoms with Gasteiger partial charge >= 0.3 is 0 Å². The second-order valence-electron chi connectivity index (χ2n) is 4.42. The van der Waals surface area contributed by atoms with Crippen molar-refractivity contribution in [1.29, 1.82) is 0 Å². The van der Waals surface area contributed by atoms with E-state index in [4.69, 9.17) is 17.0 Å². The molecule has 1 fully saturated rings. The monoisotopic (exact) mass is 279 g/mol. The minimum Gasteiger partial charge on any atom is -0.497 e. The summed E-state index contributed by atoms with van der Waals surface area (Å²) in [5, 5.41) is 3.42. The van der Waals surface area contributed by atoms with E-state index in [1.165, 1.54) is 0 Å². The summed E-state index contributed by atoms with van der Waals surface area (Å²) in [4.78, 5) is 11.4. The van der Waals surface area contributed by atoms with E-state index in [2.05, 4.69) is 16.2 Å². The van der Waals surface area contributed by atoms with Gasteiger partial charge in [0.1, 0.15) is 5.75 Å². The van der Waals surface area contributed by atoms with Gasteiger partial charge in [-0.2, -0.15) is 0 Å². The third-order valence-electron chi connectivity index (χ3n) is 2.86. The summed E-state index contributed by atoms with van der Waals surface area (Å²) in [5.41, 5.74) is 6.36. The van der Waals surface area contributed by atoms with Gasteiger partial charge < -0.3 is 10.1 Å². The summed E-state index contributed by atoms with van der Waals surface area (Å²) in [6.07, 6.45) is 1.94. The molecule has 3 N–H and O–H groups in total. The Labute approximate surface area is 117 Å². The van der Waals surface area contributed by atoms with Gasteiger partial charge in [0.25, 0.3) is 0 Å². The lowest BCUT2D eigenvalue weighted by molar-refractivity contribution is -0.122. The van der Waals surface area contributed by atoms with Gasteiger partial charge in [0.05, 0.1) is 7.11 Å². The third kappa shape index (κ3) is 4.40. The zero-order valence-corrected chi connectivity index (χ0v) is 11.5. The Morgan fingerprint density at radius 3 is 2.58 bits per heavy atom. The normalized spacial score (nSPS) is 13.5. The van der Waals surface area contributed by atoms with Crippen LogP contribution < -0.4 is 20.9 Å². The van der Waals surface area contributed by atoms with Gasteiger partial charge in [-0.15, -0.1) is 0 Å². The summed E-state index contributed by atoms with van der Waals surface area (Å²) < 4.78 is 5.08. The van der Waals surface area contributed by atoms with E-state index < -0.39 is 0 Å². The van der Waals surface area contributed by atoms with Crippen LogP contribution in [0.3, 0.4) is 0 Å². The van der Waals surface area contributed by atoms with Crippen molar-refractivity contribution in [3.05, 3.63) is 29.8 Å². The zero-order chi connectivity index (χ0) is 13.7. The Morgan fingerprint density at radius 1 is 1.32 bits per heavy atom. The van der Waals surface area contributed by atoms with Crippen molar-refractivity contribution in [2.45, 2.75) is 19.4 Å². The van der Waals surface area contributed by atoms with Crippen molar-refractivity contribution in [3.63, 3.8) is 0 Å². The molecular weight excluding hydrogens is 262 g/mol. The van der Waals surface area contributed by atoms with Crippen LogP contribution in [0.15, 0.2) is 24.3 Å². The molecule has 0 spiro atoms. The van der Waals surface area contributed by atoms with E-state index in [0.717, 1.165) is 24.2 Å². The van der Waals surface area contributed by atoms with Crippen LogP contribution in [0.4, 0.5) is 0 Å². The van der Waals surface area contributed by atoms with Crippen molar-refractivity contribution >= 4 is 23.2 Å². The summed E-state index contributed by atoms with van der Waals surface area (Å²) in [6, 6.07) is 7.69. The molecule has 0 heterocycles. The van der Waals surface area contributed by atoms with Crippen molar-refractivity contribution in [2.24, 2.45) is 5.92 Å². The molecule has 1 aromatic carbocycles. The van der Waals surface area contributed by atoms with Crippen LogP contribution in [-0.2, 0) is 11.3 Å². The van der Waals surface area contributed by atoms with Crippen molar-refractivity contribution in [3.8, 4) is 5.75 Å². The quantitative estimate of drug-likeness (QED) is 0.569. The van der Waals surface area contributed by atoms with Gasteiger partial charge in [-0.1, -0.05) is 12.1 Å². The number of nitrogens with one attached hydrogen (secondary N) is 3. The Balaban J connectivity index is 1.68. The molecule has 0 bridgehead atoms. The molecule has 0 saturated heterocycles. The molecule has 6 heteroatoms. The molecule has 1 aromatic rings. The smallest absolute Gasteiger partial charge is 0.241 e. The molecule has 2 rings (SSSR count). The van der Waals surface area contributed by atoms with E-state index in [9.17, 15) is 4.79 Å². The van der Waals surface area contributed by atoms with Gasteiger partial charge in [0.2, 0.25) is 5.91 Å².